The molecule has 2 fully saturated rings. The molecule has 0 radical (unpaired) electrons. The molecule has 2 heterocycles. The lowest BCUT2D eigenvalue weighted by atomic mass is 9.94. The normalized spacial score (nSPS) is 22.1. The third-order valence-electron chi connectivity index (χ3n) is 7.08. The van der Waals surface area contributed by atoms with E-state index >= 15 is 0 Å². The predicted molar refractivity (Wildman–Crippen MR) is 132 cm³/mol. The van der Waals surface area contributed by atoms with Gasteiger partial charge in [0.05, 0.1) is 35.4 Å². The molecule has 1 saturated carbocycles. The van der Waals surface area contributed by atoms with Crippen LogP contribution in [0.2, 0.25) is 0 Å². The monoisotopic (exact) mass is 468 g/mol. The van der Waals surface area contributed by atoms with Gasteiger partial charge in [-0.05, 0) is 60.9 Å². The lowest BCUT2D eigenvalue weighted by molar-refractivity contribution is -0.123. The fourth-order valence-electron chi connectivity index (χ4n) is 5.03. The van der Waals surface area contributed by atoms with Gasteiger partial charge in [0.25, 0.3) is 0 Å². The Morgan fingerprint density at radius 1 is 1.00 bits per heavy atom. The molecule has 3 atom stereocenters. The van der Waals surface area contributed by atoms with Gasteiger partial charge in [0, 0.05) is 17.0 Å². The first-order chi connectivity index (χ1) is 17.0. The summed E-state index contributed by atoms with van der Waals surface area (Å²) in [5.41, 5.74) is 3.35. The number of nitrogens with zero attached hydrogens (tertiary/aromatic N) is 3. The van der Waals surface area contributed by atoms with Crippen LogP contribution in [0, 0.1) is 17.7 Å². The molecule has 6 rings (SSSR count). The van der Waals surface area contributed by atoms with Crippen molar-refractivity contribution in [3.63, 3.8) is 0 Å². The summed E-state index contributed by atoms with van der Waals surface area (Å²) in [6, 6.07) is 21.2. The molecule has 1 N–H and O–H groups in total. The Labute approximate surface area is 202 Å². The Balaban J connectivity index is 1.40. The second kappa shape index (κ2) is 8.34. The quantitative estimate of drug-likeness (QED) is 0.458. The first-order valence-electron chi connectivity index (χ1n) is 11.9. The second-order valence-corrected chi connectivity index (χ2v) is 9.44. The molecule has 1 aliphatic carbocycles. The van der Waals surface area contributed by atoms with Crippen molar-refractivity contribution < 1.29 is 14.0 Å². The highest BCUT2D eigenvalue weighted by Crippen LogP contribution is 2.42. The average molecular weight is 469 g/mol. The minimum atomic E-state index is -0.361. The summed E-state index contributed by atoms with van der Waals surface area (Å²) < 4.78 is 15.1. The summed E-state index contributed by atoms with van der Waals surface area (Å²) >= 11 is 0. The number of benzene rings is 3. The highest BCUT2D eigenvalue weighted by molar-refractivity contribution is 6.01. The van der Waals surface area contributed by atoms with Crippen LogP contribution < -0.4 is 10.2 Å². The van der Waals surface area contributed by atoms with Crippen LogP contribution in [0.5, 0.6) is 0 Å². The van der Waals surface area contributed by atoms with Crippen LogP contribution in [0.3, 0.4) is 0 Å². The predicted octanol–water partition coefficient (Wildman–Crippen LogP) is 4.78. The number of carbonyl (C=O) groups is 2. The Morgan fingerprint density at radius 2 is 1.71 bits per heavy atom. The fraction of sp³-hybridized carbons (Fsp3) is 0.250. The summed E-state index contributed by atoms with van der Waals surface area (Å²) in [6.45, 7) is 1.89. The summed E-state index contributed by atoms with van der Waals surface area (Å²) in [7, 11) is 0. The number of fused-ring (bicyclic) bond motifs is 1. The molecule has 4 aromatic rings. The van der Waals surface area contributed by atoms with Crippen molar-refractivity contribution in [1.29, 1.82) is 0 Å². The van der Waals surface area contributed by atoms with Gasteiger partial charge in [0.15, 0.2) is 0 Å². The van der Waals surface area contributed by atoms with Gasteiger partial charge in [0.2, 0.25) is 11.8 Å². The van der Waals surface area contributed by atoms with Crippen LogP contribution in [-0.4, -0.2) is 27.6 Å². The number of anilines is 1. The highest BCUT2D eigenvalue weighted by Gasteiger charge is 2.48. The van der Waals surface area contributed by atoms with Crippen LogP contribution in [0.4, 0.5) is 10.1 Å². The molecular weight excluding hydrogens is 443 g/mol. The van der Waals surface area contributed by atoms with Gasteiger partial charge in [-0.2, -0.15) is 5.10 Å². The Kier molecular flexibility index (Phi) is 5.13. The number of rotatable bonds is 5. The molecule has 1 aliphatic heterocycles. The Hall–Kier alpha value is -4.00. The van der Waals surface area contributed by atoms with E-state index in [2.05, 4.69) is 10.4 Å². The Morgan fingerprint density at radius 3 is 2.43 bits per heavy atom. The van der Waals surface area contributed by atoms with E-state index in [9.17, 15) is 14.0 Å². The molecule has 176 valence electrons. The zero-order chi connectivity index (χ0) is 24.1. The molecule has 0 bridgehead atoms. The van der Waals surface area contributed by atoms with E-state index in [0.29, 0.717) is 0 Å². The molecule has 35 heavy (non-hydrogen) atoms. The van der Waals surface area contributed by atoms with Crippen LogP contribution in [0.15, 0.2) is 79.0 Å². The van der Waals surface area contributed by atoms with Crippen LogP contribution in [-0.2, 0) is 9.59 Å². The molecular formula is C28H25FN4O2. The van der Waals surface area contributed by atoms with Crippen molar-refractivity contribution in [3.8, 4) is 5.69 Å². The molecule has 6 nitrogen and oxygen atoms in total. The summed E-state index contributed by atoms with van der Waals surface area (Å²) in [5.74, 6) is -0.583. The number of amides is 2. The van der Waals surface area contributed by atoms with E-state index in [1.807, 2.05) is 60.4 Å². The number of hydrogen-bond acceptors (Lipinski definition) is 3. The molecule has 1 aromatic heterocycles. The van der Waals surface area contributed by atoms with Crippen LogP contribution >= 0.6 is 0 Å². The van der Waals surface area contributed by atoms with E-state index in [-0.39, 0.29) is 41.6 Å². The first kappa shape index (κ1) is 21.5. The van der Waals surface area contributed by atoms with Crippen molar-refractivity contribution in [2.24, 2.45) is 11.8 Å². The van der Waals surface area contributed by atoms with Gasteiger partial charge in [-0.3, -0.25) is 9.59 Å². The van der Waals surface area contributed by atoms with E-state index in [1.54, 1.807) is 23.0 Å². The third kappa shape index (κ3) is 3.77. The minimum Gasteiger partial charge on any atom is -0.350 e. The summed E-state index contributed by atoms with van der Waals surface area (Å²) in [4.78, 5) is 28.1. The Bertz CT molecular complexity index is 1410. The first-order valence-corrected chi connectivity index (χ1v) is 11.9. The van der Waals surface area contributed by atoms with Crippen molar-refractivity contribution in [2.75, 3.05) is 4.90 Å². The van der Waals surface area contributed by atoms with Crippen molar-refractivity contribution in [1.82, 2.24) is 15.1 Å². The maximum absolute atomic E-state index is 13.6. The number of hydrogen-bond donors (Lipinski definition) is 1. The fourth-order valence-corrected chi connectivity index (χ4v) is 5.03. The minimum absolute atomic E-state index is 0.0229. The van der Waals surface area contributed by atoms with E-state index in [4.69, 9.17) is 0 Å². The van der Waals surface area contributed by atoms with Gasteiger partial charge < -0.3 is 10.2 Å². The van der Waals surface area contributed by atoms with Gasteiger partial charge in [0.1, 0.15) is 5.82 Å². The summed E-state index contributed by atoms with van der Waals surface area (Å²) in [6.07, 6.45) is 3.57. The number of halogens is 1. The van der Waals surface area contributed by atoms with Crippen molar-refractivity contribution in [2.45, 2.75) is 31.8 Å². The van der Waals surface area contributed by atoms with E-state index < -0.39 is 0 Å². The number of carbonyl (C=O) groups excluding carboxylic acids is 2. The molecule has 0 spiro atoms. The SMILES string of the molecule is C[C@@H]1C(=O)N(c2ccc3c(cnn3-c3ccc(F)cc3)c2)C(c2ccccc2)[C@H]1NC(=O)C1CC1. The third-order valence-corrected chi connectivity index (χ3v) is 7.08. The van der Waals surface area contributed by atoms with Gasteiger partial charge in [-0.25, -0.2) is 9.07 Å². The zero-order valence-corrected chi connectivity index (χ0v) is 19.3. The van der Waals surface area contributed by atoms with Gasteiger partial charge in [-0.15, -0.1) is 0 Å². The lowest BCUT2D eigenvalue weighted by Gasteiger charge is -2.29. The molecule has 2 amide bonds. The lowest BCUT2D eigenvalue weighted by Crippen LogP contribution is -2.42. The smallest absolute Gasteiger partial charge is 0.232 e. The van der Waals surface area contributed by atoms with Gasteiger partial charge >= 0.3 is 0 Å². The topological polar surface area (TPSA) is 67.2 Å². The molecule has 1 unspecified atom stereocenters. The standard InChI is InChI=1S/C28H25FN4O2/c1-17-25(31-27(34)19-7-8-19)26(18-5-3-2-4-6-18)32(28(17)35)23-13-14-24-20(15-23)16-30-33(24)22-11-9-21(29)10-12-22/h2-6,9-17,19,25-26H,7-8H2,1H3,(H,31,34)/t17-,25-,26?/m0/s1. The maximum atomic E-state index is 13.6. The van der Waals surface area contributed by atoms with Gasteiger partial charge in [-0.1, -0.05) is 37.3 Å². The molecule has 1 saturated heterocycles. The largest absolute Gasteiger partial charge is 0.350 e. The van der Waals surface area contributed by atoms with E-state index in [1.165, 1.54) is 12.1 Å². The second-order valence-electron chi connectivity index (χ2n) is 9.44. The van der Waals surface area contributed by atoms with Crippen LogP contribution in [0.1, 0.15) is 31.4 Å². The number of nitrogens with one attached hydrogen (secondary N) is 1. The molecule has 3 aromatic carbocycles. The average Bonchev–Trinajstić information content (AvgIpc) is 3.61. The van der Waals surface area contributed by atoms with Crippen molar-refractivity contribution >= 4 is 28.4 Å². The maximum Gasteiger partial charge on any atom is 0.232 e. The zero-order valence-electron chi connectivity index (χ0n) is 19.3. The van der Waals surface area contributed by atoms with Crippen LogP contribution in [0.25, 0.3) is 16.6 Å². The van der Waals surface area contributed by atoms with Crippen molar-refractivity contribution in [3.05, 3.63) is 90.4 Å². The highest BCUT2D eigenvalue weighted by atomic mass is 19.1. The molecule has 2 aliphatic rings. The number of aromatic nitrogens is 2. The van der Waals surface area contributed by atoms with E-state index in [0.717, 1.165) is 40.7 Å². The summed E-state index contributed by atoms with van der Waals surface area (Å²) in [5, 5.41) is 8.54. The molecule has 7 heteroatoms.